The van der Waals surface area contributed by atoms with E-state index < -0.39 is 0 Å². The lowest BCUT2D eigenvalue weighted by molar-refractivity contribution is -0.119. The van der Waals surface area contributed by atoms with Crippen molar-refractivity contribution in [2.45, 2.75) is 26.3 Å². The molecule has 0 fully saturated rings. The molecular formula is C13H21N7O. The molecular weight excluding hydrogens is 270 g/mol. The van der Waals surface area contributed by atoms with E-state index in [4.69, 9.17) is 11.5 Å². The van der Waals surface area contributed by atoms with E-state index in [-0.39, 0.29) is 12.5 Å². The van der Waals surface area contributed by atoms with Crippen molar-refractivity contribution in [3.8, 4) is 0 Å². The van der Waals surface area contributed by atoms with Crippen LogP contribution in [0.1, 0.15) is 25.6 Å². The minimum Gasteiger partial charge on any atom is -0.383 e. The van der Waals surface area contributed by atoms with E-state index in [0.29, 0.717) is 23.8 Å². The Morgan fingerprint density at radius 2 is 2.19 bits per heavy atom. The molecule has 0 aliphatic heterocycles. The van der Waals surface area contributed by atoms with Crippen LogP contribution in [0.3, 0.4) is 0 Å². The molecule has 21 heavy (non-hydrogen) atoms. The van der Waals surface area contributed by atoms with Crippen LogP contribution in [0.4, 0.5) is 5.82 Å². The number of carbonyl (C=O) groups excluding carboxylic acids is 1. The second-order valence-corrected chi connectivity index (χ2v) is 5.06. The van der Waals surface area contributed by atoms with Gasteiger partial charge in [-0.1, -0.05) is 13.3 Å². The van der Waals surface area contributed by atoms with Crippen molar-refractivity contribution in [2.75, 3.05) is 18.8 Å². The molecule has 4 N–H and O–H groups in total. The first-order valence-corrected chi connectivity index (χ1v) is 6.96. The van der Waals surface area contributed by atoms with Crippen molar-refractivity contribution < 1.29 is 4.79 Å². The van der Waals surface area contributed by atoms with Crippen molar-refractivity contribution >= 4 is 22.8 Å². The number of hydrogen-bond acceptors (Lipinski definition) is 6. The van der Waals surface area contributed by atoms with Crippen LogP contribution in [0.5, 0.6) is 0 Å². The molecule has 0 aliphatic carbocycles. The molecule has 2 aromatic rings. The third kappa shape index (κ3) is 3.66. The molecule has 2 rings (SSSR count). The van der Waals surface area contributed by atoms with Crippen molar-refractivity contribution in [3.63, 3.8) is 0 Å². The maximum atomic E-state index is 11.2. The van der Waals surface area contributed by atoms with Gasteiger partial charge in [-0.3, -0.25) is 14.4 Å². The minimum atomic E-state index is -0.360. The second-order valence-electron chi connectivity index (χ2n) is 5.06. The zero-order chi connectivity index (χ0) is 15.4. The van der Waals surface area contributed by atoms with Crippen LogP contribution in [-0.4, -0.2) is 43.6 Å². The van der Waals surface area contributed by atoms with Crippen LogP contribution in [0.2, 0.25) is 0 Å². The zero-order valence-electron chi connectivity index (χ0n) is 12.4. The third-order valence-corrected chi connectivity index (χ3v) is 3.24. The SMILES string of the molecule is CCCCN(CC(N)=O)Cc1nc(N)c2cnn(C)c2n1. The van der Waals surface area contributed by atoms with Gasteiger partial charge in [0.1, 0.15) is 11.6 Å². The van der Waals surface area contributed by atoms with Crippen LogP contribution in [-0.2, 0) is 18.4 Å². The largest absolute Gasteiger partial charge is 0.383 e. The highest BCUT2D eigenvalue weighted by Crippen LogP contribution is 2.17. The van der Waals surface area contributed by atoms with Gasteiger partial charge >= 0.3 is 0 Å². The predicted octanol–water partition coefficient (Wildman–Crippen LogP) is 0.0329. The fourth-order valence-corrected chi connectivity index (χ4v) is 2.18. The number of amides is 1. The molecule has 1 amide bonds. The average Bonchev–Trinajstić information content (AvgIpc) is 2.78. The Hall–Kier alpha value is -2.22. The summed E-state index contributed by atoms with van der Waals surface area (Å²) in [4.78, 5) is 21.8. The summed E-state index contributed by atoms with van der Waals surface area (Å²) >= 11 is 0. The molecule has 2 aromatic heterocycles. The second kappa shape index (κ2) is 6.49. The Morgan fingerprint density at radius 1 is 1.43 bits per heavy atom. The molecule has 2 heterocycles. The number of aromatic nitrogens is 4. The lowest BCUT2D eigenvalue weighted by Crippen LogP contribution is -2.34. The number of fused-ring (bicyclic) bond motifs is 1. The third-order valence-electron chi connectivity index (χ3n) is 3.24. The minimum absolute atomic E-state index is 0.187. The number of primary amides is 1. The fourth-order valence-electron chi connectivity index (χ4n) is 2.18. The highest BCUT2D eigenvalue weighted by Gasteiger charge is 2.14. The van der Waals surface area contributed by atoms with E-state index in [9.17, 15) is 4.79 Å². The topological polar surface area (TPSA) is 116 Å². The molecule has 0 bridgehead atoms. The van der Waals surface area contributed by atoms with E-state index in [1.54, 1.807) is 17.9 Å². The van der Waals surface area contributed by atoms with Gasteiger partial charge in [-0.05, 0) is 13.0 Å². The van der Waals surface area contributed by atoms with Crippen LogP contribution in [0.15, 0.2) is 6.20 Å². The number of nitrogen functional groups attached to an aromatic ring is 1. The number of unbranched alkanes of at least 4 members (excludes halogenated alkanes) is 1. The molecule has 114 valence electrons. The average molecular weight is 291 g/mol. The van der Waals surface area contributed by atoms with Crippen LogP contribution in [0, 0.1) is 0 Å². The van der Waals surface area contributed by atoms with Gasteiger partial charge in [0.05, 0.1) is 24.7 Å². The molecule has 0 unspecified atom stereocenters. The summed E-state index contributed by atoms with van der Waals surface area (Å²) in [5, 5.41) is 4.85. The van der Waals surface area contributed by atoms with Gasteiger partial charge in [-0.15, -0.1) is 0 Å². The van der Waals surface area contributed by atoms with Gasteiger partial charge in [0.25, 0.3) is 0 Å². The smallest absolute Gasteiger partial charge is 0.231 e. The van der Waals surface area contributed by atoms with Gasteiger partial charge < -0.3 is 11.5 Å². The number of hydrogen-bond donors (Lipinski definition) is 2. The number of nitrogens with two attached hydrogens (primary N) is 2. The molecule has 0 atom stereocenters. The maximum Gasteiger partial charge on any atom is 0.231 e. The zero-order valence-corrected chi connectivity index (χ0v) is 12.4. The first-order valence-electron chi connectivity index (χ1n) is 6.96. The van der Waals surface area contributed by atoms with Gasteiger partial charge in [-0.2, -0.15) is 5.10 Å². The van der Waals surface area contributed by atoms with Crippen LogP contribution in [0.25, 0.3) is 11.0 Å². The first-order chi connectivity index (χ1) is 10.0. The van der Waals surface area contributed by atoms with Crippen molar-refractivity contribution in [3.05, 3.63) is 12.0 Å². The Morgan fingerprint density at radius 3 is 2.86 bits per heavy atom. The predicted molar refractivity (Wildman–Crippen MR) is 80.1 cm³/mol. The normalized spacial score (nSPS) is 11.4. The number of aryl methyl sites for hydroxylation is 1. The summed E-state index contributed by atoms with van der Waals surface area (Å²) in [5.41, 5.74) is 11.9. The lowest BCUT2D eigenvalue weighted by Gasteiger charge is -2.19. The Balaban J connectivity index is 2.22. The van der Waals surface area contributed by atoms with Crippen molar-refractivity contribution in [2.24, 2.45) is 12.8 Å². The molecule has 0 aliphatic rings. The van der Waals surface area contributed by atoms with E-state index in [1.165, 1.54) is 0 Å². The van der Waals surface area contributed by atoms with Gasteiger partial charge in [0, 0.05) is 7.05 Å². The fraction of sp³-hybridized carbons (Fsp3) is 0.538. The number of anilines is 1. The highest BCUT2D eigenvalue weighted by atomic mass is 16.1. The summed E-state index contributed by atoms with van der Waals surface area (Å²) in [6.07, 6.45) is 3.67. The Kier molecular flexibility index (Phi) is 4.69. The summed E-state index contributed by atoms with van der Waals surface area (Å²) < 4.78 is 1.65. The quantitative estimate of drug-likeness (QED) is 0.743. The Bertz CT molecular complexity index is 637. The number of rotatable bonds is 7. The van der Waals surface area contributed by atoms with E-state index >= 15 is 0 Å². The Labute approximate surface area is 123 Å². The van der Waals surface area contributed by atoms with Crippen molar-refractivity contribution in [1.29, 1.82) is 0 Å². The summed E-state index contributed by atoms with van der Waals surface area (Å²) in [7, 11) is 1.80. The van der Waals surface area contributed by atoms with E-state index in [0.717, 1.165) is 24.8 Å². The number of carbonyl (C=O) groups is 1. The standard InChI is InChI=1S/C13H21N7O/c1-3-4-5-20(7-10(14)21)8-11-17-12(15)9-6-16-19(2)13(9)18-11/h6H,3-5,7-8H2,1-2H3,(H2,14,21)(H2,15,17,18). The maximum absolute atomic E-state index is 11.2. The monoisotopic (exact) mass is 291 g/mol. The molecule has 0 aromatic carbocycles. The van der Waals surface area contributed by atoms with Crippen LogP contribution < -0.4 is 11.5 Å². The number of nitrogens with zero attached hydrogens (tertiary/aromatic N) is 5. The molecule has 0 saturated heterocycles. The van der Waals surface area contributed by atoms with E-state index in [1.807, 2.05) is 4.90 Å². The van der Waals surface area contributed by atoms with E-state index in [2.05, 4.69) is 22.0 Å². The molecule has 8 nitrogen and oxygen atoms in total. The summed E-state index contributed by atoms with van der Waals surface area (Å²) in [6, 6.07) is 0. The van der Waals surface area contributed by atoms with Crippen molar-refractivity contribution in [1.82, 2.24) is 24.6 Å². The summed E-state index contributed by atoms with van der Waals surface area (Å²) in [5.74, 6) is 0.610. The molecule has 0 spiro atoms. The molecule has 0 radical (unpaired) electrons. The lowest BCUT2D eigenvalue weighted by atomic mass is 10.3. The van der Waals surface area contributed by atoms with Gasteiger partial charge in [0.2, 0.25) is 5.91 Å². The molecule has 8 heteroatoms. The summed E-state index contributed by atoms with van der Waals surface area (Å²) in [6.45, 7) is 3.49. The van der Waals surface area contributed by atoms with Gasteiger partial charge in [0.15, 0.2) is 5.65 Å². The van der Waals surface area contributed by atoms with Gasteiger partial charge in [-0.25, -0.2) is 9.97 Å². The highest BCUT2D eigenvalue weighted by molar-refractivity contribution is 5.84. The first kappa shape index (κ1) is 15.2. The molecule has 0 saturated carbocycles. The van der Waals surface area contributed by atoms with Crippen LogP contribution >= 0.6 is 0 Å².